The summed E-state index contributed by atoms with van der Waals surface area (Å²) in [6, 6.07) is -0.755. The molecular formula is C67H138N2O6P+. The molecule has 3 unspecified atom stereocenters. The van der Waals surface area contributed by atoms with E-state index in [1.54, 1.807) is 0 Å². The molecule has 1 amide bonds. The number of hydrogen-bond donors (Lipinski definition) is 3. The molecule has 76 heavy (non-hydrogen) atoms. The first-order valence-corrected chi connectivity index (χ1v) is 35.9. The van der Waals surface area contributed by atoms with E-state index in [1.165, 1.54) is 308 Å². The zero-order valence-corrected chi connectivity index (χ0v) is 53.2. The Kier molecular flexibility index (Phi) is 58.7. The predicted molar refractivity (Wildman–Crippen MR) is 332 cm³/mol. The smallest absolute Gasteiger partial charge is 0.391 e. The van der Waals surface area contributed by atoms with Crippen molar-refractivity contribution in [2.75, 3.05) is 40.9 Å². The fraction of sp³-hybridized carbons (Fsp3) is 0.985. The van der Waals surface area contributed by atoms with Crippen molar-refractivity contribution < 1.29 is 32.9 Å². The van der Waals surface area contributed by atoms with Crippen LogP contribution in [0.25, 0.3) is 0 Å². The van der Waals surface area contributed by atoms with Gasteiger partial charge < -0.3 is 19.8 Å². The molecule has 0 rings (SSSR count). The van der Waals surface area contributed by atoms with E-state index in [2.05, 4.69) is 19.2 Å². The van der Waals surface area contributed by atoms with Crippen LogP contribution in [0, 0.1) is 0 Å². The maximum atomic E-state index is 13.0. The Morgan fingerprint density at radius 2 is 0.632 bits per heavy atom. The number of aliphatic hydroxyl groups excluding tert-OH is 1. The summed E-state index contributed by atoms with van der Waals surface area (Å²) >= 11 is 0. The third-order valence-electron chi connectivity index (χ3n) is 16.4. The van der Waals surface area contributed by atoms with Crippen LogP contribution in [0.1, 0.15) is 373 Å². The summed E-state index contributed by atoms with van der Waals surface area (Å²) in [5.41, 5.74) is 0. The molecule has 456 valence electrons. The first kappa shape index (κ1) is 75.5. The molecule has 8 nitrogen and oxygen atoms in total. The van der Waals surface area contributed by atoms with Gasteiger partial charge in [0.1, 0.15) is 13.2 Å². The number of hydrogen-bond acceptors (Lipinski definition) is 5. The number of carbonyl (C=O) groups excluding carboxylic acids is 1. The predicted octanol–water partition coefficient (Wildman–Crippen LogP) is 21.6. The van der Waals surface area contributed by atoms with E-state index in [-0.39, 0.29) is 19.1 Å². The molecule has 3 N–H and O–H groups in total. The largest absolute Gasteiger partial charge is 0.472 e. The minimum absolute atomic E-state index is 0.0790. The van der Waals surface area contributed by atoms with Crippen molar-refractivity contribution in [2.45, 2.75) is 386 Å². The third kappa shape index (κ3) is 61.1. The molecule has 9 heteroatoms. The van der Waals surface area contributed by atoms with Gasteiger partial charge in [0.2, 0.25) is 5.91 Å². The lowest BCUT2D eigenvalue weighted by Crippen LogP contribution is -2.46. The quantitative estimate of drug-likeness (QED) is 0.0318. The third-order valence-corrected chi connectivity index (χ3v) is 17.3. The van der Waals surface area contributed by atoms with Crippen molar-refractivity contribution >= 4 is 13.7 Å². The Bertz CT molecular complexity index is 1200. The van der Waals surface area contributed by atoms with E-state index < -0.39 is 20.0 Å². The lowest BCUT2D eigenvalue weighted by atomic mass is 10.0. The van der Waals surface area contributed by atoms with E-state index >= 15 is 0 Å². The molecule has 0 saturated heterocycles. The molecular weight excluding hydrogens is 960 g/mol. The highest BCUT2D eigenvalue weighted by Crippen LogP contribution is 2.43. The van der Waals surface area contributed by atoms with Crippen LogP contribution in [0.3, 0.4) is 0 Å². The minimum Gasteiger partial charge on any atom is -0.391 e. The number of phosphoric ester groups is 1. The fourth-order valence-corrected chi connectivity index (χ4v) is 11.7. The normalized spacial score (nSPS) is 13.6. The number of unbranched alkanes of at least 4 members (excludes halogenated alkanes) is 52. The molecule has 0 radical (unpaired) electrons. The average molecular weight is 1100 g/mol. The van der Waals surface area contributed by atoms with Crippen LogP contribution in [0.5, 0.6) is 0 Å². The van der Waals surface area contributed by atoms with Crippen LogP contribution in [0.15, 0.2) is 0 Å². The Labute approximate surface area is 476 Å². The maximum Gasteiger partial charge on any atom is 0.472 e. The summed E-state index contributed by atoms with van der Waals surface area (Å²) < 4.78 is 23.8. The first-order chi connectivity index (χ1) is 37.0. The van der Waals surface area contributed by atoms with Crippen molar-refractivity contribution in [3.63, 3.8) is 0 Å². The molecule has 0 aromatic heterocycles. The Balaban J connectivity index is 3.75. The van der Waals surface area contributed by atoms with Crippen molar-refractivity contribution in [3.05, 3.63) is 0 Å². The second-order valence-corrected chi connectivity index (χ2v) is 26.7. The van der Waals surface area contributed by atoms with Crippen LogP contribution >= 0.6 is 7.82 Å². The highest BCUT2D eigenvalue weighted by Gasteiger charge is 2.28. The molecule has 0 aliphatic carbocycles. The van der Waals surface area contributed by atoms with Gasteiger partial charge in [0.15, 0.2) is 0 Å². The van der Waals surface area contributed by atoms with E-state index in [0.717, 1.165) is 38.5 Å². The van der Waals surface area contributed by atoms with Gasteiger partial charge in [-0.15, -0.1) is 0 Å². The van der Waals surface area contributed by atoms with Crippen molar-refractivity contribution in [1.29, 1.82) is 0 Å². The molecule has 0 aromatic rings. The Hall–Kier alpha value is -0.500. The fourth-order valence-electron chi connectivity index (χ4n) is 11.0. The van der Waals surface area contributed by atoms with E-state index in [0.29, 0.717) is 23.9 Å². The standard InChI is InChI=1S/C67H137N2O6P/c1-6-8-10-12-14-16-18-20-21-22-23-24-25-26-27-28-29-30-31-32-33-34-35-36-37-38-39-40-41-42-43-44-45-46-47-49-51-53-55-57-59-61-67(71)68-65(64-75-76(72,73)74-63-62-69(3,4)5)66(70)60-58-56-54-52-50-48-19-17-15-13-11-9-7-2/h65-66,70H,6-64H2,1-5H3,(H-,68,71,72,73)/p+1. The summed E-state index contributed by atoms with van der Waals surface area (Å²) in [4.78, 5) is 23.3. The summed E-state index contributed by atoms with van der Waals surface area (Å²) in [6.07, 6.45) is 73.8. The van der Waals surface area contributed by atoms with Gasteiger partial charge >= 0.3 is 7.82 Å². The van der Waals surface area contributed by atoms with E-state index in [9.17, 15) is 19.4 Å². The number of quaternary nitrogens is 1. The average Bonchev–Trinajstić information content (AvgIpc) is 3.38. The van der Waals surface area contributed by atoms with Crippen molar-refractivity contribution in [2.24, 2.45) is 0 Å². The first-order valence-electron chi connectivity index (χ1n) is 34.4. The van der Waals surface area contributed by atoms with Gasteiger partial charge in [-0.05, 0) is 12.8 Å². The summed E-state index contributed by atoms with van der Waals surface area (Å²) in [6.45, 7) is 4.94. The number of rotatable bonds is 65. The van der Waals surface area contributed by atoms with Gasteiger partial charge in [-0.25, -0.2) is 4.57 Å². The van der Waals surface area contributed by atoms with Gasteiger partial charge in [0.05, 0.1) is 39.9 Å². The molecule has 0 heterocycles. The molecule has 0 saturated carbocycles. The number of likely N-dealkylation sites (N-methyl/N-ethyl adjacent to an activating group) is 1. The molecule has 0 bridgehead atoms. The highest BCUT2D eigenvalue weighted by atomic mass is 31.2. The lowest BCUT2D eigenvalue weighted by Gasteiger charge is -2.26. The summed E-state index contributed by atoms with van der Waals surface area (Å²) in [5.74, 6) is -0.136. The van der Waals surface area contributed by atoms with Gasteiger partial charge in [-0.1, -0.05) is 354 Å². The van der Waals surface area contributed by atoms with Crippen LogP contribution in [0.2, 0.25) is 0 Å². The SMILES string of the molecule is CCCCCCCCCCCCCCCCCCCCCCCCCCCCCCCCCCCCCCCCCCCC(=O)NC(COP(=O)(O)OCC[N+](C)(C)C)C(O)CCCCCCCCCCCCCCC. The van der Waals surface area contributed by atoms with Crippen LogP contribution in [-0.2, 0) is 18.4 Å². The summed E-state index contributed by atoms with van der Waals surface area (Å²) in [7, 11) is 1.64. The Morgan fingerprint density at radius 3 is 0.882 bits per heavy atom. The van der Waals surface area contributed by atoms with E-state index in [4.69, 9.17) is 9.05 Å². The zero-order chi connectivity index (χ0) is 55.6. The lowest BCUT2D eigenvalue weighted by molar-refractivity contribution is -0.870. The molecule has 0 spiro atoms. The highest BCUT2D eigenvalue weighted by molar-refractivity contribution is 7.47. The monoisotopic (exact) mass is 1100 g/mol. The number of phosphoric acid groups is 1. The van der Waals surface area contributed by atoms with Gasteiger partial charge in [0, 0.05) is 6.42 Å². The number of nitrogens with one attached hydrogen (secondary N) is 1. The Morgan fingerprint density at radius 1 is 0.395 bits per heavy atom. The second-order valence-electron chi connectivity index (χ2n) is 25.3. The van der Waals surface area contributed by atoms with Crippen molar-refractivity contribution in [1.82, 2.24) is 5.32 Å². The summed E-state index contributed by atoms with van der Waals surface area (Å²) in [5, 5.41) is 14.1. The second kappa shape index (κ2) is 59.1. The minimum atomic E-state index is -4.32. The molecule has 3 atom stereocenters. The van der Waals surface area contributed by atoms with Gasteiger partial charge in [0.25, 0.3) is 0 Å². The van der Waals surface area contributed by atoms with Gasteiger partial charge in [-0.2, -0.15) is 0 Å². The van der Waals surface area contributed by atoms with Crippen LogP contribution in [-0.4, -0.2) is 73.4 Å². The van der Waals surface area contributed by atoms with Gasteiger partial charge in [-0.3, -0.25) is 13.8 Å². The number of amides is 1. The molecule has 0 aliphatic heterocycles. The number of aliphatic hydroxyl groups is 1. The number of carbonyl (C=O) groups is 1. The molecule has 0 aromatic carbocycles. The maximum absolute atomic E-state index is 13.0. The molecule has 0 aliphatic rings. The zero-order valence-electron chi connectivity index (χ0n) is 52.3. The topological polar surface area (TPSA) is 105 Å². The van der Waals surface area contributed by atoms with Crippen LogP contribution in [0.4, 0.5) is 0 Å². The van der Waals surface area contributed by atoms with Crippen LogP contribution < -0.4 is 5.32 Å². The number of nitrogens with zero attached hydrogens (tertiary/aromatic N) is 1. The molecule has 0 fully saturated rings. The van der Waals surface area contributed by atoms with Crippen molar-refractivity contribution in [3.8, 4) is 0 Å². The van der Waals surface area contributed by atoms with E-state index in [1.807, 2.05) is 21.1 Å².